The Morgan fingerprint density at radius 2 is 1.89 bits per heavy atom. The molecule has 3 aromatic rings. The van der Waals surface area contributed by atoms with Crippen molar-refractivity contribution in [2.45, 2.75) is 19.9 Å². The fourth-order valence-electron chi connectivity index (χ4n) is 3.87. The molecule has 0 spiro atoms. The maximum atomic E-state index is 13.5. The molecule has 0 aliphatic carbocycles. The number of hydrogen-bond donors (Lipinski definition) is 1. The van der Waals surface area contributed by atoms with E-state index in [1.807, 2.05) is 31.3 Å². The summed E-state index contributed by atoms with van der Waals surface area (Å²) < 4.78 is 28.8. The fourth-order valence-corrected chi connectivity index (χ4v) is 3.87. The van der Waals surface area contributed by atoms with Gasteiger partial charge >= 0.3 is 0 Å². The van der Waals surface area contributed by atoms with E-state index in [1.165, 1.54) is 12.1 Å². The van der Waals surface area contributed by atoms with Crippen molar-refractivity contribution < 1.29 is 8.78 Å². The van der Waals surface area contributed by atoms with Gasteiger partial charge in [0.05, 0.1) is 11.9 Å². The molecule has 0 amide bonds. The molecule has 2 heterocycles. The quantitative estimate of drug-likeness (QED) is 0.698. The molecule has 146 valence electrons. The van der Waals surface area contributed by atoms with Gasteiger partial charge in [-0.25, -0.2) is 13.8 Å². The summed E-state index contributed by atoms with van der Waals surface area (Å²) in [5, 5.41) is 3.54. The van der Waals surface area contributed by atoms with Crippen LogP contribution in [0.2, 0.25) is 0 Å². The smallest absolute Gasteiger partial charge is 0.160 e. The Morgan fingerprint density at radius 3 is 2.68 bits per heavy atom. The molecule has 1 atom stereocenters. The minimum atomic E-state index is -0.800. The maximum absolute atomic E-state index is 13.5. The van der Waals surface area contributed by atoms with Crippen LogP contribution in [0.15, 0.2) is 54.7 Å². The number of nitrogens with one attached hydrogen (secondary N) is 1. The van der Waals surface area contributed by atoms with Gasteiger partial charge in [0.25, 0.3) is 0 Å². The van der Waals surface area contributed by atoms with E-state index in [1.54, 1.807) is 6.07 Å². The molecule has 1 aliphatic heterocycles. The summed E-state index contributed by atoms with van der Waals surface area (Å²) in [6.45, 7) is 5.32. The van der Waals surface area contributed by atoms with Crippen molar-refractivity contribution in [3.63, 3.8) is 0 Å². The number of anilines is 1. The zero-order chi connectivity index (χ0) is 19.5. The summed E-state index contributed by atoms with van der Waals surface area (Å²) in [5.41, 5.74) is 2.98. The molecule has 0 radical (unpaired) electrons. The van der Waals surface area contributed by atoms with Gasteiger partial charge in [0, 0.05) is 43.6 Å². The molecule has 4 rings (SSSR count). The second kappa shape index (κ2) is 8.10. The van der Waals surface area contributed by atoms with Crippen molar-refractivity contribution in [3.8, 4) is 5.69 Å². The van der Waals surface area contributed by atoms with E-state index in [-0.39, 0.29) is 0 Å². The van der Waals surface area contributed by atoms with Crippen molar-refractivity contribution >= 4 is 5.69 Å². The molecular formula is C22H24F2N4. The van der Waals surface area contributed by atoms with Crippen LogP contribution >= 0.6 is 0 Å². The number of halogens is 2. The van der Waals surface area contributed by atoms with E-state index in [0.717, 1.165) is 55.5 Å². The lowest BCUT2D eigenvalue weighted by molar-refractivity contribution is 0.506. The van der Waals surface area contributed by atoms with E-state index in [0.29, 0.717) is 5.92 Å². The van der Waals surface area contributed by atoms with Crippen molar-refractivity contribution in [2.75, 3.05) is 24.5 Å². The number of benzene rings is 2. The lowest BCUT2D eigenvalue weighted by atomic mass is 10.1. The van der Waals surface area contributed by atoms with E-state index < -0.39 is 11.6 Å². The van der Waals surface area contributed by atoms with E-state index in [2.05, 4.69) is 31.9 Å². The summed E-state index contributed by atoms with van der Waals surface area (Å²) in [6.07, 6.45) is 2.94. The van der Waals surface area contributed by atoms with Gasteiger partial charge in [-0.15, -0.1) is 0 Å². The van der Waals surface area contributed by atoms with Crippen LogP contribution in [0.1, 0.15) is 17.9 Å². The first-order valence-electron chi connectivity index (χ1n) is 9.61. The Balaban J connectivity index is 1.34. The minimum Gasteiger partial charge on any atom is -0.371 e. The van der Waals surface area contributed by atoms with E-state index in [9.17, 15) is 8.78 Å². The highest BCUT2D eigenvalue weighted by Gasteiger charge is 2.23. The Kier molecular flexibility index (Phi) is 5.39. The summed E-state index contributed by atoms with van der Waals surface area (Å²) in [5.74, 6) is -0.147. The second-order valence-corrected chi connectivity index (χ2v) is 7.30. The third-order valence-corrected chi connectivity index (χ3v) is 5.32. The molecular weight excluding hydrogens is 358 g/mol. The summed E-state index contributed by atoms with van der Waals surface area (Å²) in [7, 11) is 0. The molecule has 1 saturated heterocycles. The normalized spacial score (nSPS) is 16.7. The lowest BCUT2D eigenvalue weighted by Crippen LogP contribution is -2.27. The van der Waals surface area contributed by atoms with Crippen LogP contribution in [0.5, 0.6) is 0 Å². The highest BCUT2D eigenvalue weighted by molar-refractivity contribution is 5.47. The maximum Gasteiger partial charge on any atom is 0.160 e. The van der Waals surface area contributed by atoms with Crippen molar-refractivity contribution in [1.82, 2.24) is 14.9 Å². The Hall–Kier alpha value is -2.73. The zero-order valence-electron chi connectivity index (χ0n) is 15.9. The first-order chi connectivity index (χ1) is 13.6. The van der Waals surface area contributed by atoms with Gasteiger partial charge in [0.1, 0.15) is 5.82 Å². The van der Waals surface area contributed by atoms with Crippen LogP contribution in [0.4, 0.5) is 14.5 Å². The number of nitrogens with zero attached hydrogens (tertiary/aromatic N) is 3. The van der Waals surface area contributed by atoms with Gasteiger partial charge in [0.2, 0.25) is 0 Å². The lowest BCUT2D eigenvalue weighted by Gasteiger charge is -2.19. The van der Waals surface area contributed by atoms with Gasteiger partial charge in [-0.1, -0.05) is 18.2 Å². The molecule has 1 aliphatic rings. The average Bonchev–Trinajstić information content (AvgIpc) is 3.32. The molecule has 4 nitrogen and oxygen atoms in total. The number of para-hydroxylation sites is 1. The predicted octanol–water partition coefficient (Wildman–Crippen LogP) is 4.08. The zero-order valence-corrected chi connectivity index (χ0v) is 15.9. The fraction of sp³-hybridized carbons (Fsp3) is 0.318. The summed E-state index contributed by atoms with van der Waals surface area (Å²) in [6, 6.07) is 14.3. The molecule has 6 heteroatoms. The number of aryl methyl sites for hydroxylation is 1. The molecule has 0 unspecified atom stereocenters. The van der Waals surface area contributed by atoms with Crippen LogP contribution in [-0.2, 0) is 6.54 Å². The van der Waals surface area contributed by atoms with Crippen LogP contribution in [-0.4, -0.2) is 29.2 Å². The summed E-state index contributed by atoms with van der Waals surface area (Å²) in [4.78, 5) is 6.58. The first kappa shape index (κ1) is 18.6. The highest BCUT2D eigenvalue weighted by Crippen LogP contribution is 2.25. The molecule has 2 aromatic carbocycles. The molecule has 0 saturated carbocycles. The Morgan fingerprint density at radius 1 is 1.07 bits per heavy atom. The van der Waals surface area contributed by atoms with Crippen LogP contribution < -0.4 is 10.2 Å². The largest absolute Gasteiger partial charge is 0.371 e. The Bertz CT molecular complexity index is 939. The van der Waals surface area contributed by atoms with E-state index in [4.69, 9.17) is 0 Å². The summed E-state index contributed by atoms with van der Waals surface area (Å²) >= 11 is 0. The number of aromatic nitrogens is 2. The number of hydrogen-bond acceptors (Lipinski definition) is 3. The van der Waals surface area contributed by atoms with Crippen LogP contribution in [0.3, 0.4) is 0 Å². The van der Waals surface area contributed by atoms with Gasteiger partial charge in [0.15, 0.2) is 11.6 Å². The van der Waals surface area contributed by atoms with E-state index >= 15 is 0 Å². The third-order valence-electron chi connectivity index (χ3n) is 5.32. The van der Waals surface area contributed by atoms with Crippen molar-refractivity contribution in [2.24, 2.45) is 5.92 Å². The number of imidazole rings is 1. The first-order valence-corrected chi connectivity index (χ1v) is 9.61. The van der Waals surface area contributed by atoms with Crippen LogP contribution in [0, 0.1) is 24.5 Å². The molecule has 28 heavy (non-hydrogen) atoms. The van der Waals surface area contributed by atoms with Gasteiger partial charge in [-0.3, -0.25) is 4.57 Å². The monoisotopic (exact) mass is 382 g/mol. The second-order valence-electron chi connectivity index (χ2n) is 7.30. The predicted molar refractivity (Wildman–Crippen MR) is 107 cm³/mol. The SMILES string of the molecule is Cc1ncc(CNC[C@H]2CCN(c3ccc(F)c(F)c3)C2)n1-c1ccccc1. The van der Waals surface area contributed by atoms with Crippen molar-refractivity contribution in [3.05, 3.63) is 77.9 Å². The standard InChI is InChI=1S/C22H24F2N4/c1-16-26-14-20(28(16)18-5-3-2-4-6-18)13-25-12-17-9-10-27(15-17)19-7-8-21(23)22(24)11-19/h2-8,11,14,17,25H,9-10,12-13,15H2,1H3/t17-/m1/s1. The van der Waals surface area contributed by atoms with Gasteiger partial charge in [-0.2, -0.15) is 0 Å². The highest BCUT2D eigenvalue weighted by atomic mass is 19.2. The molecule has 1 aromatic heterocycles. The number of rotatable bonds is 6. The average molecular weight is 382 g/mol. The Labute approximate surface area is 163 Å². The third kappa shape index (κ3) is 3.92. The van der Waals surface area contributed by atoms with Crippen LogP contribution in [0.25, 0.3) is 5.69 Å². The van der Waals surface area contributed by atoms with Gasteiger partial charge in [-0.05, 0) is 43.5 Å². The molecule has 1 fully saturated rings. The minimum absolute atomic E-state index is 0.474. The van der Waals surface area contributed by atoms with Crippen molar-refractivity contribution in [1.29, 1.82) is 0 Å². The topological polar surface area (TPSA) is 33.1 Å². The molecule has 1 N–H and O–H groups in total. The molecule has 0 bridgehead atoms. The van der Waals surface area contributed by atoms with Gasteiger partial charge < -0.3 is 10.2 Å².